The van der Waals surface area contributed by atoms with Gasteiger partial charge in [-0.15, -0.1) is 0 Å². The molecule has 1 aromatic carbocycles. The molecule has 0 spiro atoms. The van der Waals surface area contributed by atoms with Crippen LogP contribution in [-0.2, 0) is 10.2 Å². The van der Waals surface area contributed by atoms with Crippen molar-refractivity contribution < 1.29 is 4.79 Å². The van der Waals surface area contributed by atoms with E-state index in [-0.39, 0.29) is 5.78 Å². The molecule has 22 heavy (non-hydrogen) atoms. The van der Waals surface area contributed by atoms with E-state index in [1.807, 2.05) is 25.1 Å². The number of allylic oxidation sites excluding steroid dienone is 5. The van der Waals surface area contributed by atoms with Crippen molar-refractivity contribution >= 4 is 11.4 Å². The van der Waals surface area contributed by atoms with Crippen LogP contribution in [0.15, 0.2) is 54.6 Å². The van der Waals surface area contributed by atoms with Crippen molar-refractivity contribution in [3.63, 3.8) is 0 Å². The quantitative estimate of drug-likeness (QED) is 0.800. The number of ketones is 1. The van der Waals surface area contributed by atoms with Crippen molar-refractivity contribution in [1.82, 2.24) is 0 Å². The van der Waals surface area contributed by atoms with Crippen LogP contribution < -0.4 is 5.73 Å². The van der Waals surface area contributed by atoms with Crippen molar-refractivity contribution in [2.45, 2.75) is 38.5 Å². The first kappa shape index (κ1) is 16.4. The minimum absolute atomic E-state index is 0.206. The van der Waals surface area contributed by atoms with E-state index in [0.29, 0.717) is 6.54 Å². The van der Waals surface area contributed by atoms with Crippen LogP contribution in [0.5, 0.6) is 0 Å². The fourth-order valence-electron chi connectivity index (χ4n) is 3.67. The standard InChI is InChI=1S/C20H25NO/c1-4-10-16-17-11-6-7-12-19(17)20(15(3)22,18(16)5-2)13-8-9-14-21/h4-7,10-12H,1,8-9,13-14,21H2,2-3H3/b16-10?,18-5+. The lowest BCUT2D eigenvalue weighted by Crippen LogP contribution is -2.33. The Kier molecular flexibility index (Phi) is 5.15. The van der Waals surface area contributed by atoms with Gasteiger partial charge in [0.2, 0.25) is 0 Å². The number of rotatable bonds is 6. The number of unbranched alkanes of at least 4 members (excludes halogenated alkanes) is 1. The SMILES string of the molecule is C=CC=C1/C(=C\C)C(CCCCN)(C(C)=O)c2ccccc21. The molecule has 1 aliphatic rings. The van der Waals surface area contributed by atoms with Gasteiger partial charge in [0.25, 0.3) is 0 Å². The van der Waals surface area contributed by atoms with E-state index >= 15 is 0 Å². The summed E-state index contributed by atoms with van der Waals surface area (Å²) in [4.78, 5) is 12.7. The van der Waals surface area contributed by atoms with Gasteiger partial charge in [-0.3, -0.25) is 4.79 Å². The Morgan fingerprint density at radius 3 is 2.64 bits per heavy atom. The summed E-state index contributed by atoms with van der Waals surface area (Å²) in [6, 6.07) is 8.23. The highest BCUT2D eigenvalue weighted by Gasteiger charge is 2.47. The summed E-state index contributed by atoms with van der Waals surface area (Å²) < 4.78 is 0. The van der Waals surface area contributed by atoms with Crippen molar-refractivity contribution in [3.8, 4) is 0 Å². The molecule has 0 aliphatic heterocycles. The first-order valence-electron chi connectivity index (χ1n) is 7.94. The van der Waals surface area contributed by atoms with E-state index in [1.54, 1.807) is 13.0 Å². The highest BCUT2D eigenvalue weighted by Crippen LogP contribution is 2.53. The highest BCUT2D eigenvalue weighted by atomic mass is 16.1. The monoisotopic (exact) mass is 295 g/mol. The van der Waals surface area contributed by atoms with E-state index in [2.05, 4.69) is 24.8 Å². The summed E-state index contributed by atoms with van der Waals surface area (Å²) in [6.07, 6.45) is 8.59. The van der Waals surface area contributed by atoms with Gasteiger partial charge in [-0.1, -0.05) is 55.5 Å². The third kappa shape index (κ3) is 2.48. The molecule has 2 rings (SSSR count). The second-order valence-corrected chi connectivity index (χ2v) is 5.77. The Balaban J connectivity index is 2.67. The zero-order valence-corrected chi connectivity index (χ0v) is 13.6. The average Bonchev–Trinajstić information content (AvgIpc) is 2.79. The number of nitrogens with two attached hydrogens (primary N) is 1. The smallest absolute Gasteiger partial charge is 0.144 e. The minimum atomic E-state index is -0.532. The number of hydrogen-bond acceptors (Lipinski definition) is 2. The summed E-state index contributed by atoms with van der Waals surface area (Å²) in [5, 5.41) is 0. The van der Waals surface area contributed by atoms with Crippen molar-refractivity contribution in [1.29, 1.82) is 0 Å². The Hall–Kier alpha value is -1.93. The normalized spacial score (nSPS) is 23.8. The van der Waals surface area contributed by atoms with Crippen LogP contribution in [0.2, 0.25) is 0 Å². The molecule has 0 amide bonds. The summed E-state index contributed by atoms with van der Waals surface area (Å²) in [5.74, 6) is 0.206. The fourth-order valence-corrected chi connectivity index (χ4v) is 3.67. The zero-order valence-electron chi connectivity index (χ0n) is 13.6. The van der Waals surface area contributed by atoms with Gasteiger partial charge < -0.3 is 5.73 Å². The molecule has 1 atom stereocenters. The van der Waals surface area contributed by atoms with Crippen LogP contribution in [-0.4, -0.2) is 12.3 Å². The van der Waals surface area contributed by atoms with Crippen LogP contribution in [0.4, 0.5) is 0 Å². The molecule has 1 aromatic rings. The largest absolute Gasteiger partial charge is 0.330 e. The lowest BCUT2D eigenvalue weighted by atomic mass is 9.71. The molecule has 0 saturated heterocycles. The molecule has 2 N–H and O–H groups in total. The molecule has 1 unspecified atom stereocenters. The lowest BCUT2D eigenvalue weighted by Gasteiger charge is -2.30. The maximum Gasteiger partial charge on any atom is 0.144 e. The molecule has 2 nitrogen and oxygen atoms in total. The second-order valence-electron chi connectivity index (χ2n) is 5.77. The molecule has 0 aromatic heterocycles. The van der Waals surface area contributed by atoms with Crippen molar-refractivity contribution in [2.75, 3.05) is 6.54 Å². The van der Waals surface area contributed by atoms with E-state index in [0.717, 1.165) is 41.5 Å². The Labute approximate surface area is 133 Å². The predicted molar refractivity (Wildman–Crippen MR) is 93.6 cm³/mol. The third-order valence-electron chi connectivity index (χ3n) is 4.61. The van der Waals surface area contributed by atoms with E-state index in [9.17, 15) is 4.79 Å². The summed E-state index contributed by atoms with van der Waals surface area (Å²) >= 11 is 0. The molecule has 0 radical (unpaired) electrons. The van der Waals surface area contributed by atoms with Gasteiger partial charge in [-0.2, -0.15) is 0 Å². The van der Waals surface area contributed by atoms with Crippen LogP contribution in [0.1, 0.15) is 44.2 Å². The van der Waals surface area contributed by atoms with Crippen LogP contribution >= 0.6 is 0 Å². The third-order valence-corrected chi connectivity index (χ3v) is 4.61. The molecular weight excluding hydrogens is 270 g/mol. The van der Waals surface area contributed by atoms with E-state index < -0.39 is 5.41 Å². The predicted octanol–water partition coefficient (Wildman–Crippen LogP) is 4.17. The van der Waals surface area contributed by atoms with Gasteiger partial charge in [-0.25, -0.2) is 0 Å². The molecule has 0 bridgehead atoms. The Morgan fingerprint density at radius 2 is 2.05 bits per heavy atom. The van der Waals surface area contributed by atoms with Crippen LogP contribution in [0, 0.1) is 0 Å². The van der Waals surface area contributed by atoms with Crippen LogP contribution in [0.3, 0.4) is 0 Å². The van der Waals surface area contributed by atoms with Gasteiger partial charge in [0.05, 0.1) is 5.41 Å². The minimum Gasteiger partial charge on any atom is -0.330 e. The number of benzene rings is 1. The summed E-state index contributed by atoms with van der Waals surface area (Å²) in [7, 11) is 0. The maximum absolute atomic E-state index is 12.7. The van der Waals surface area contributed by atoms with Gasteiger partial charge in [0.1, 0.15) is 5.78 Å². The summed E-state index contributed by atoms with van der Waals surface area (Å²) in [6.45, 7) is 8.21. The van der Waals surface area contributed by atoms with Gasteiger partial charge >= 0.3 is 0 Å². The average molecular weight is 295 g/mol. The Morgan fingerprint density at radius 1 is 1.32 bits per heavy atom. The first-order valence-corrected chi connectivity index (χ1v) is 7.94. The van der Waals surface area contributed by atoms with Gasteiger partial charge in [-0.05, 0) is 55.5 Å². The molecule has 116 valence electrons. The van der Waals surface area contributed by atoms with Crippen LogP contribution in [0.25, 0.3) is 5.57 Å². The number of hydrogen-bond donors (Lipinski definition) is 1. The first-order chi connectivity index (χ1) is 10.6. The number of fused-ring (bicyclic) bond motifs is 1. The lowest BCUT2D eigenvalue weighted by molar-refractivity contribution is -0.121. The molecule has 2 heteroatoms. The zero-order chi connectivity index (χ0) is 16.2. The molecular formula is C20H25NO. The van der Waals surface area contributed by atoms with Crippen molar-refractivity contribution in [2.24, 2.45) is 5.73 Å². The van der Waals surface area contributed by atoms with E-state index in [1.165, 1.54) is 0 Å². The van der Waals surface area contributed by atoms with Crippen molar-refractivity contribution in [3.05, 3.63) is 65.8 Å². The van der Waals surface area contributed by atoms with Gasteiger partial charge in [0.15, 0.2) is 0 Å². The number of carbonyl (C=O) groups is 1. The maximum atomic E-state index is 12.7. The molecule has 1 aliphatic carbocycles. The van der Waals surface area contributed by atoms with Gasteiger partial charge in [0, 0.05) is 0 Å². The fraction of sp³-hybridized carbons (Fsp3) is 0.350. The molecule has 0 fully saturated rings. The molecule has 0 saturated carbocycles. The second kappa shape index (κ2) is 6.89. The van der Waals surface area contributed by atoms with E-state index in [4.69, 9.17) is 5.73 Å². The number of Topliss-reactive ketones (excluding diaryl/α,β-unsaturated/α-hetero) is 1. The Bertz CT molecular complexity index is 639. The topological polar surface area (TPSA) is 43.1 Å². The summed E-state index contributed by atoms with van der Waals surface area (Å²) in [5.41, 5.74) is 9.62. The molecule has 0 heterocycles. The number of carbonyl (C=O) groups excluding carboxylic acids is 1. The highest BCUT2D eigenvalue weighted by molar-refractivity contribution is 6.05.